The summed E-state index contributed by atoms with van der Waals surface area (Å²) in [4.78, 5) is 20.8. The molecule has 4 aromatic rings. The van der Waals surface area contributed by atoms with Gasteiger partial charge in [-0.3, -0.25) is 4.90 Å². The molecule has 4 heterocycles. The van der Waals surface area contributed by atoms with Gasteiger partial charge in [-0.1, -0.05) is 6.07 Å². The Morgan fingerprint density at radius 1 is 1.12 bits per heavy atom. The van der Waals surface area contributed by atoms with Crippen molar-refractivity contribution in [3.63, 3.8) is 0 Å². The molecule has 2 aromatic heterocycles. The maximum Gasteiger partial charge on any atom is 0.414 e. The predicted octanol–water partition coefficient (Wildman–Crippen LogP) is 5.03. The van der Waals surface area contributed by atoms with Crippen LogP contribution < -0.4 is 14.8 Å². The summed E-state index contributed by atoms with van der Waals surface area (Å²) in [6.07, 6.45) is 4.40. The number of furan rings is 1. The van der Waals surface area contributed by atoms with Crippen molar-refractivity contribution in [2.24, 2.45) is 0 Å². The van der Waals surface area contributed by atoms with Gasteiger partial charge in [-0.15, -0.1) is 0 Å². The van der Waals surface area contributed by atoms with Crippen LogP contribution in [0.4, 0.5) is 9.18 Å². The number of aromatic amines is 1. The Morgan fingerprint density at radius 2 is 1.93 bits per heavy atom. The van der Waals surface area contributed by atoms with Gasteiger partial charge in [0.1, 0.15) is 23.8 Å². The fourth-order valence-electron chi connectivity index (χ4n) is 5.98. The zero-order valence-corrected chi connectivity index (χ0v) is 23.3. The van der Waals surface area contributed by atoms with E-state index >= 15 is 0 Å². The summed E-state index contributed by atoms with van der Waals surface area (Å²) in [6, 6.07) is 12.3. The minimum absolute atomic E-state index is 0.0667. The molecule has 0 aliphatic carbocycles. The molecule has 41 heavy (non-hydrogen) atoms. The number of aliphatic hydroxyl groups excluding tert-OH is 1. The van der Waals surface area contributed by atoms with Crippen LogP contribution in [-0.4, -0.2) is 76.9 Å². The van der Waals surface area contributed by atoms with E-state index in [4.69, 9.17) is 13.9 Å². The lowest BCUT2D eigenvalue weighted by Crippen LogP contribution is -2.50. The lowest BCUT2D eigenvalue weighted by Gasteiger charge is -2.39. The van der Waals surface area contributed by atoms with Gasteiger partial charge in [0.05, 0.1) is 17.9 Å². The Kier molecular flexibility index (Phi) is 8.13. The van der Waals surface area contributed by atoms with Crippen LogP contribution >= 0.6 is 0 Å². The van der Waals surface area contributed by atoms with E-state index in [0.29, 0.717) is 28.6 Å². The van der Waals surface area contributed by atoms with Gasteiger partial charge < -0.3 is 34.2 Å². The number of halogens is 1. The number of rotatable bonds is 8. The minimum atomic E-state index is -0.482. The maximum atomic E-state index is 13.7. The number of amides is 1. The average Bonchev–Trinajstić information content (AvgIpc) is 3.56. The van der Waals surface area contributed by atoms with E-state index in [2.05, 4.69) is 27.0 Å². The number of hydrogen-bond donors (Lipinski definition) is 3. The van der Waals surface area contributed by atoms with E-state index in [1.54, 1.807) is 18.4 Å². The molecule has 0 bridgehead atoms. The molecule has 2 aromatic carbocycles. The van der Waals surface area contributed by atoms with Crippen LogP contribution in [0.1, 0.15) is 38.2 Å². The first-order chi connectivity index (χ1) is 19.9. The van der Waals surface area contributed by atoms with Crippen molar-refractivity contribution in [3.05, 3.63) is 60.1 Å². The van der Waals surface area contributed by atoms with E-state index < -0.39 is 6.09 Å². The molecule has 2 fully saturated rings. The van der Waals surface area contributed by atoms with Crippen molar-refractivity contribution in [2.75, 3.05) is 32.7 Å². The third-order valence-corrected chi connectivity index (χ3v) is 8.36. The first kappa shape index (κ1) is 27.6. The monoisotopic (exact) mass is 564 g/mol. The van der Waals surface area contributed by atoms with Crippen molar-refractivity contribution < 1.29 is 28.2 Å². The number of nitrogens with zero attached hydrogens (tertiary/aromatic N) is 2. The number of piperidine rings is 2. The molecule has 9 nitrogen and oxygen atoms in total. The third-order valence-electron chi connectivity index (χ3n) is 8.36. The lowest BCUT2D eigenvalue weighted by molar-refractivity contribution is 0.0501. The molecule has 3 N–H and O–H groups in total. The number of carbonyl (C=O) groups is 1. The van der Waals surface area contributed by atoms with Crippen molar-refractivity contribution in [1.29, 1.82) is 0 Å². The van der Waals surface area contributed by atoms with Crippen LogP contribution in [0.2, 0.25) is 0 Å². The molecule has 1 amide bonds. The number of H-pyrrole nitrogens is 1. The molecule has 6 rings (SSSR count). The summed E-state index contributed by atoms with van der Waals surface area (Å²) >= 11 is 0. The summed E-state index contributed by atoms with van der Waals surface area (Å²) in [6.45, 7) is 7.23. The van der Waals surface area contributed by atoms with Crippen molar-refractivity contribution in [1.82, 2.24) is 20.1 Å². The predicted molar refractivity (Wildman–Crippen MR) is 154 cm³/mol. The molecule has 10 heteroatoms. The Hall–Kier alpha value is -3.60. The van der Waals surface area contributed by atoms with Gasteiger partial charge in [0.15, 0.2) is 0 Å². The number of aromatic nitrogens is 1. The summed E-state index contributed by atoms with van der Waals surface area (Å²) in [7, 11) is 0. The van der Waals surface area contributed by atoms with Crippen LogP contribution in [0.25, 0.3) is 21.9 Å². The molecule has 2 aliphatic heterocycles. The topological polar surface area (TPSA) is 103 Å². The molecule has 0 radical (unpaired) electrons. The number of likely N-dealkylation sites (tertiary alicyclic amines) is 2. The van der Waals surface area contributed by atoms with Crippen LogP contribution in [0.5, 0.6) is 11.6 Å². The first-order valence-corrected chi connectivity index (χ1v) is 14.4. The minimum Gasteiger partial charge on any atom is -0.488 e. The first-order valence-electron chi connectivity index (χ1n) is 14.4. The van der Waals surface area contributed by atoms with Gasteiger partial charge >= 0.3 is 6.09 Å². The fourth-order valence-corrected chi connectivity index (χ4v) is 5.98. The second kappa shape index (κ2) is 12.1. The summed E-state index contributed by atoms with van der Waals surface area (Å²) in [5.41, 5.74) is 2.12. The Labute approximate surface area is 238 Å². The molecular weight excluding hydrogens is 527 g/mol. The van der Waals surface area contributed by atoms with E-state index in [-0.39, 0.29) is 24.6 Å². The molecule has 1 atom stereocenters. The molecule has 0 saturated carbocycles. The highest BCUT2D eigenvalue weighted by Crippen LogP contribution is 2.31. The number of ether oxygens (including phenoxy) is 2. The molecule has 2 saturated heterocycles. The van der Waals surface area contributed by atoms with Crippen LogP contribution in [0.15, 0.2) is 53.1 Å². The molecule has 0 spiro atoms. The summed E-state index contributed by atoms with van der Waals surface area (Å²) in [5.74, 6) is 0.618. The number of benzene rings is 2. The van der Waals surface area contributed by atoms with Crippen molar-refractivity contribution in [3.8, 4) is 11.6 Å². The largest absolute Gasteiger partial charge is 0.488 e. The van der Waals surface area contributed by atoms with Gasteiger partial charge in [0.25, 0.3) is 0 Å². The van der Waals surface area contributed by atoms with E-state index in [9.17, 15) is 14.3 Å². The average molecular weight is 565 g/mol. The van der Waals surface area contributed by atoms with E-state index in [1.807, 2.05) is 18.2 Å². The molecule has 2 aliphatic rings. The molecule has 218 valence electrons. The smallest absolute Gasteiger partial charge is 0.414 e. The number of nitrogens with one attached hydrogen (secondary N) is 2. The number of aliphatic hydroxyl groups is 1. The maximum absolute atomic E-state index is 13.7. The quantitative estimate of drug-likeness (QED) is 0.276. The van der Waals surface area contributed by atoms with Gasteiger partial charge in [0, 0.05) is 67.2 Å². The van der Waals surface area contributed by atoms with E-state index in [1.165, 1.54) is 12.1 Å². The lowest BCUT2D eigenvalue weighted by atomic mass is 10.0. The standard InChI is InChI=1S/C31H37FN4O5/c1-20(36-13-9-24(37)10-14-36)17-35-11-7-23(8-12-35)33-31(38)41-30-16-26-27(34-30)3-2-4-28(26)39-18-21-19-40-29-6-5-22(32)15-25(21)29/h2-6,15-16,19-20,23-24,34,37H,7-14,17-18H2,1H3,(H,33,38)/t20-/m0/s1. The Morgan fingerprint density at radius 3 is 2.73 bits per heavy atom. The highest BCUT2D eigenvalue weighted by Gasteiger charge is 2.26. The highest BCUT2D eigenvalue weighted by molar-refractivity contribution is 5.88. The zero-order chi connectivity index (χ0) is 28.3. The highest BCUT2D eigenvalue weighted by atomic mass is 19.1. The second-order valence-electron chi connectivity index (χ2n) is 11.3. The van der Waals surface area contributed by atoms with Gasteiger partial charge in [-0.05, 0) is 62.9 Å². The SMILES string of the molecule is C[C@@H](CN1CCC(NC(=O)Oc2cc3c(OCc4coc5ccc(F)cc45)cccc3[nH]2)CC1)N1CCC(O)CC1. The number of fused-ring (bicyclic) bond motifs is 2. The van der Waals surface area contributed by atoms with Gasteiger partial charge in [0.2, 0.25) is 5.88 Å². The van der Waals surface area contributed by atoms with Crippen LogP contribution in [0, 0.1) is 5.82 Å². The van der Waals surface area contributed by atoms with Gasteiger partial charge in [-0.25, -0.2) is 9.18 Å². The van der Waals surface area contributed by atoms with E-state index in [0.717, 1.165) is 74.9 Å². The number of carbonyl (C=O) groups excluding carboxylic acids is 1. The second-order valence-corrected chi connectivity index (χ2v) is 11.3. The fraction of sp³-hybridized carbons (Fsp3) is 0.452. The van der Waals surface area contributed by atoms with Crippen molar-refractivity contribution >= 4 is 28.0 Å². The van der Waals surface area contributed by atoms with Crippen LogP contribution in [0.3, 0.4) is 0 Å². The van der Waals surface area contributed by atoms with Crippen LogP contribution in [-0.2, 0) is 6.61 Å². The normalized spacial score (nSPS) is 18.6. The third kappa shape index (κ3) is 6.50. The zero-order valence-electron chi connectivity index (χ0n) is 23.3. The Balaban J connectivity index is 0.997. The van der Waals surface area contributed by atoms with Gasteiger partial charge in [-0.2, -0.15) is 0 Å². The van der Waals surface area contributed by atoms with Crippen molar-refractivity contribution in [2.45, 2.75) is 57.4 Å². The molecular formula is C31H37FN4O5. The summed E-state index contributed by atoms with van der Waals surface area (Å²) < 4.78 is 30.9. The molecule has 0 unspecified atom stereocenters. The Bertz CT molecular complexity index is 1490. The number of hydrogen-bond acceptors (Lipinski definition) is 7. The summed E-state index contributed by atoms with van der Waals surface area (Å²) in [5, 5.41) is 14.2.